The molecule has 25 heavy (non-hydrogen) atoms. The van der Waals surface area contributed by atoms with Gasteiger partial charge in [-0.2, -0.15) is 5.11 Å². The standard InChI is InChI=1S/C16H24N6O3/c1-19(2)12-16-15(11-20-7-9-25-10-8-20)17-18-21(16)13-3-5-14(6-4-13)22(23)24/h3-6,15-16H,7-12H2,1-2H3. The van der Waals surface area contributed by atoms with Crippen molar-refractivity contribution in [3.63, 3.8) is 0 Å². The van der Waals surface area contributed by atoms with E-state index in [1.54, 1.807) is 12.1 Å². The Kier molecular flexibility index (Phi) is 5.57. The minimum absolute atomic E-state index is 0.0655. The highest BCUT2D eigenvalue weighted by molar-refractivity contribution is 5.51. The van der Waals surface area contributed by atoms with E-state index in [0.29, 0.717) is 0 Å². The topological polar surface area (TPSA) is 86.8 Å². The molecule has 0 amide bonds. The molecule has 2 heterocycles. The molecule has 0 spiro atoms. The number of nitro groups is 1. The van der Waals surface area contributed by atoms with Gasteiger partial charge in [0.15, 0.2) is 0 Å². The molecular weight excluding hydrogens is 324 g/mol. The minimum atomic E-state index is -0.395. The molecule has 1 fully saturated rings. The normalized spacial score (nSPS) is 24.2. The quantitative estimate of drug-likeness (QED) is 0.571. The second kappa shape index (κ2) is 7.85. The Hall–Kier alpha value is -2.10. The van der Waals surface area contributed by atoms with Gasteiger partial charge in [0.05, 0.1) is 29.9 Å². The lowest BCUT2D eigenvalue weighted by molar-refractivity contribution is -0.384. The van der Waals surface area contributed by atoms with Gasteiger partial charge in [0.2, 0.25) is 0 Å². The van der Waals surface area contributed by atoms with Gasteiger partial charge in [-0.1, -0.05) is 5.22 Å². The van der Waals surface area contributed by atoms with Crippen LogP contribution in [-0.4, -0.2) is 80.3 Å². The van der Waals surface area contributed by atoms with Gasteiger partial charge in [-0.25, -0.2) is 5.01 Å². The fourth-order valence-electron chi connectivity index (χ4n) is 3.18. The van der Waals surface area contributed by atoms with Crippen LogP contribution >= 0.6 is 0 Å². The minimum Gasteiger partial charge on any atom is -0.379 e. The summed E-state index contributed by atoms with van der Waals surface area (Å²) in [6, 6.07) is 6.64. The number of likely N-dealkylation sites (N-methyl/N-ethyl adjacent to an activating group) is 1. The Labute approximate surface area is 147 Å². The molecule has 1 aromatic rings. The molecule has 9 heteroatoms. The zero-order valence-corrected chi connectivity index (χ0v) is 14.6. The van der Waals surface area contributed by atoms with Crippen molar-refractivity contribution in [2.24, 2.45) is 10.3 Å². The number of morpholine rings is 1. The Morgan fingerprint density at radius 2 is 1.96 bits per heavy atom. The molecule has 0 bridgehead atoms. The lowest BCUT2D eigenvalue weighted by Crippen LogP contribution is -2.49. The maximum absolute atomic E-state index is 10.8. The van der Waals surface area contributed by atoms with Crippen LogP contribution in [0.5, 0.6) is 0 Å². The van der Waals surface area contributed by atoms with E-state index in [-0.39, 0.29) is 17.8 Å². The first-order valence-corrected chi connectivity index (χ1v) is 8.44. The molecule has 9 nitrogen and oxygen atoms in total. The second-order valence-corrected chi connectivity index (χ2v) is 6.63. The van der Waals surface area contributed by atoms with Crippen molar-refractivity contribution in [3.8, 4) is 0 Å². The summed E-state index contributed by atoms with van der Waals surface area (Å²) in [6.45, 7) is 4.99. The van der Waals surface area contributed by atoms with E-state index in [1.165, 1.54) is 12.1 Å². The maximum Gasteiger partial charge on any atom is 0.269 e. The molecule has 0 saturated carbocycles. The zero-order valence-electron chi connectivity index (χ0n) is 14.6. The molecule has 1 saturated heterocycles. The number of ether oxygens (including phenoxy) is 1. The van der Waals surface area contributed by atoms with E-state index in [1.807, 2.05) is 19.1 Å². The third-order valence-corrected chi connectivity index (χ3v) is 4.48. The van der Waals surface area contributed by atoms with Crippen LogP contribution in [0.15, 0.2) is 34.6 Å². The van der Waals surface area contributed by atoms with Crippen molar-refractivity contribution < 1.29 is 9.66 Å². The number of hydrogen-bond donors (Lipinski definition) is 0. The van der Waals surface area contributed by atoms with Crippen molar-refractivity contribution >= 4 is 11.4 Å². The third kappa shape index (κ3) is 4.30. The molecule has 1 aromatic carbocycles. The van der Waals surface area contributed by atoms with Gasteiger partial charge >= 0.3 is 0 Å². The summed E-state index contributed by atoms with van der Waals surface area (Å²) in [5.41, 5.74) is 0.902. The fourth-order valence-corrected chi connectivity index (χ4v) is 3.18. The van der Waals surface area contributed by atoms with E-state index in [2.05, 4.69) is 20.1 Å². The van der Waals surface area contributed by atoms with Crippen molar-refractivity contribution in [2.75, 3.05) is 58.5 Å². The number of anilines is 1. The van der Waals surface area contributed by atoms with Crippen LogP contribution in [0.4, 0.5) is 11.4 Å². The molecule has 0 aliphatic carbocycles. The lowest BCUT2D eigenvalue weighted by Gasteiger charge is -2.32. The highest BCUT2D eigenvalue weighted by atomic mass is 16.6. The van der Waals surface area contributed by atoms with Crippen LogP contribution < -0.4 is 5.01 Å². The summed E-state index contributed by atoms with van der Waals surface area (Å²) in [6.07, 6.45) is 0. The molecule has 136 valence electrons. The average Bonchev–Trinajstić information content (AvgIpc) is 2.97. The first-order valence-electron chi connectivity index (χ1n) is 8.44. The van der Waals surface area contributed by atoms with Gasteiger partial charge in [-0.3, -0.25) is 15.0 Å². The van der Waals surface area contributed by atoms with Gasteiger partial charge in [-0.05, 0) is 26.2 Å². The number of rotatable bonds is 6. The van der Waals surface area contributed by atoms with Crippen molar-refractivity contribution in [1.82, 2.24) is 9.80 Å². The molecule has 2 aliphatic rings. The van der Waals surface area contributed by atoms with E-state index in [0.717, 1.165) is 45.1 Å². The van der Waals surface area contributed by atoms with Crippen LogP contribution in [-0.2, 0) is 4.74 Å². The van der Waals surface area contributed by atoms with Gasteiger partial charge < -0.3 is 9.64 Å². The molecule has 2 aliphatic heterocycles. The Balaban J connectivity index is 1.73. The Morgan fingerprint density at radius 3 is 2.56 bits per heavy atom. The number of nitro benzene ring substituents is 1. The highest BCUT2D eigenvalue weighted by Gasteiger charge is 2.35. The Bertz CT molecular complexity index is 615. The van der Waals surface area contributed by atoms with Crippen molar-refractivity contribution in [1.29, 1.82) is 0 Å². The second-order valence-electron chi connectivity index (χ2n) is 6.63. The SMILES string of the molecule is CN(C)CC1C(CN2CCOCC2)N=NN1c1ccc([N+](=O)[O-])cc1. The first kappa shape index (κ1) is 17.7. The fraction of sp³-hybridized carbons (Fsp3) is 0.625. The van der Waals surface area contributed by atoms with Crippen molar-refractivity contribution in [2.45, 2.75) is 12.1 Å². The molecule has 2 atom stereocenters. The smallest absolute Gasteiger partial charge is 0.269 e. The summed E-state index contributed by atoms with van der Waals surface area (Å²) >= 11 is 0. The third-order valence-electron chi connectivity index (χ3n) is 4.48. The summed E-state index contributed by atoms with van der Waals surface area (Å²) in [7, 11) is 4.05. The van der Waals surface area contributed by atoms with Crippen LogP contribution in [0.2, 0.25) is 0 Å². The molecule has 0 N–H and O–H groups in total. The maximum atomic E-state index is 10.8. The van der Waals surface area contributed by atoms with E-state index < -0.39 is 4.92 Å². The van der Waals surface area contributed by atoms with Crippen LogP contribution in [0.3, 0.4) is 0 Å². The zero-order chi connectivity index (χ0) is 17.8. The Morgan fingerprint density at radius 1 is 1.28 bits per heavy atom. The number of hydrogen-bond acceptors (Lipinski definition) is 8. The predicted octanol–water partition coefficient (Wildman–Crippen LogP) is 1.41. The van der Waals surface area contributed by atoms with Crippen LogP contribution in [0.1, 0.15) is 0 Å². The highest BCUT2D eigenvalue weighted by Crippen LogP contribution is 2.28. The molecular formula is C16H24N6O3. The summed E-state index contributed by atoms with van der Waals surface area (Å²) in [5.74, 6) is 0. The summed E-state index contributed by atoms with van der Waals surface area (Å²) in [5, 5.41) is 21.6. The largest absolute Gasteiger partial charge is 0.379 e. The molecule has 3 rings (SSSR count). The van der Waals surface area contributed by atoms with E-state index >= 15 is 0 Å². The summed E-state index contributed by atoms with van der Waals surface area (Å²) < 4.78 is 5.41. The first-order chi connectivity index (χ1) is 12.0. The summed E-state index contributed by atoms with van der Waals surface area (Å²) in [4.78, 5) is 14.9. The van der Waals surface area contributed by atoms with E-state index in [9.17, 15) is 10.1 Å². The molecule has 2 unspecified atom stereocenters. The van der Waals surface area contributed by atoms with Gasteiger partial charge in [-0.15, -0.1) is 0 Å². The van der Waals surface area contributed by atoms with Gasteiger partial charge in [0, 0.05) is 38.3 Å². The van der Waals surface area contributed by atoms with Crippen molar-refractivity contribution in [3.05, 3.63) is 34.4 Å². The van der Waals surface area contributed by atoms with Crippen LogP contribution in [0.25, 0.3) is 0 Å². The van der Waals surface area contributed by atoms with E-state index in [4.69, 9.17) is 4.74 Å². The lowest BCUT2D eigenvalue weighted by atomic mass is 10.1. The number of benzene rings is 1. The number of non-ortho nitro benzene ring substituents is 1. The van der Waals surface area contributed by atoms with Gasteiger partial charge in [0.1, 0.15) is 6.04 Å². The average molecular weight is 348 g/mol. The molecule has 0 aromatic heterocycles. The number of nitrogens with zero attached hydrogens (tertiary/aromatic N) is 6. The predicted molar refractivity (Wildman–Crippen MR) is 93.8 cm³/mol. The monoisotopic (exact) mass is 348 g/mol. The van der Waals surface area contributed by atoms with Gasteiger partial charge in [0.25, 0.3) is 5.69 Å². The van der Waals surface area contributed by atoms with Crippen LogP contribution in [0, 0.1) is 10.1 Å². The molecule has 0 radical (unpaired) electrons.